The number of nitrogens with zero attached hydrogens (tertiary/aromatic N) is 1. The van der Waals surface area contributed by atoms with Gasteiger partial charge in [0.1, 0.15) is 0 Å². The van der Waals surface area contributed by atoms with Gasteiger partial charge in [0.15, 0.2) is 0 Å². The summed E-state index contributed by atoms with van der Waals surface area (Å²) in [5.74, 6) is -0.310. The van der Waals surface area contributed by atoms with Crippen LogP contribution in [0.4, 0.5) is 10.5 Å². The summed E-state index contributed by atoms with van der Waals surface area (Å²) in [5, 5.41) is 6.77. The van der Waals surface area contributed by atoms with Crippen molar-refractivity contribution >= 4 is 35.4 Å². The van der Waals surface area contributed by atoms with Crippen molar-refractivity contribution in [2.45, 2.75) is 0 Å². The molecule has 0 radical (unpaired) electrons. The van der Waals surface area contributed by atoms with E-state index in [2.05, 4.69) is 15.8 Å². The lowest BCUT2D eigenvalue weighted by Crippen LogP contribution is -2.24. The first-order valence-electron chi connectivity index (χ1n) is 6.31. The van der Waals surface area contributed by atoms with Gasteiger partial charge in [-0.25, -0.2) is 10.2 Å². The van der Waals surface area contributed by atoms with Gasteiger partial charge >= 0.3 is 6.03 Å². The van der Waals surface area contributed by atoms with Gasteiger partial charge in [-0.3, -0.25) is 4.79 Å². The van der Waals surface area contributed by atoms with E-state index in [4.69, 9.17) is 17.3 Å². The minimum atomic E-state index is -0.751. The van der Waals surface area contributed by atoms with Crippen molar-refractivity contribution in [1.82, 2.24) is 5.43 Å². The monoisotopic (exact) mass is 316 g/mol. The Morgan fingerprint density at radius 3 is 2.64 bits per heavy atom. The third-order valence-corrected chi connectivity index (χ3v) is 2.98. The van der Waals surface area contributed by atoms with Crippen LogP contribution in [0.3, 0.4) is 0 Å². The van der Waals surface area contributed by atoms with Crippen molar-refractivity contribution in [3.05, 3.63) is 64.7 Å². The van der Waals surface area contributed by atoms with E-state index in [0.717, 1.165) is 0 Å². The Bertz CT molecular complexity index is 731. The molecule has 0 aliphatic carbocycles. The SMILES string of the molecule is NC(=O)N/N=C/c1cccc(NC(=O)c2ccccc2Cl)c1. The number of carbonyl (C=O) groups excluding carboxylic acids is 2. The van der Waals surface area contributed by atoms with E-state index in [-0.39, 0.29) is 5.91 Å². The van der Waals surface area contributed by atoms with Gasteiger partial charge in [-0.1, -0.05) is 35.9 Å². The van der Waals surface area contributed by atoms with Crippen LogP contribution < -0.4 is 16.5 Å². The molecule has 0 bridgehead atoms. The summed E-state index contributed by atoms with van der Waals surface area (Å²) in [6.45, 7) is 0. The fraction of sp³-hybridized carbons (Fsp3) is 0. The van der Waals surface area contributed by atoms with E-state index < -0.39 is 6.03 Å². The number of hydrogen-bond acceptors (Lipinski definition) is 3. The van der Waals surface area contributed by atoms with E-state index in [1.165, 1.54) is 6.21 Å². The first kappa shape index (κ1) is 15.5. The molecule has 3 amide bonds. The van der Waals surface area contributed by atoms with E-state index in [1.807, 2.05) is 0 Å². The van der Waals surface area contributed by atoms with Crippen molar-refractivity contribution in [3.8, 4) is 0 Å². The molecule has 0 saturated carbocycles. The lowest BCUT2D eigenvalue weighted by molar-refractivity contribution is 0.102. The smallest absolute Gasteiger partial charge is 0.332 e. The lowest BCUT2D eigenvalue weighted by Gasteiger charge is -2.07. The molecule has 0 unspecified atom stereocenters. The zero-order valence-electron chi connectivity index (χ0n) is 11.4. The number of urea groups is 1. The number of nitrogens with one attached hydrogen (secondary N) is 2. The Hall–Kier alpha value is -2.86. The van der Waals surface area contributed by atoms with Crippen LogP contribution in [0.2, 0.25) is 5.02 Å². The number of primary amides is 1. The summed E-state index contributed by atoms with van der Waals surface area (Å²) in [5.41, 5.74) is 8.64. The third-order valence-electron chi connectivity index (χ3n) is 2.65. The summed E-state index contributed by atoms with van der Waals surface area (Å²) in [4.78, 5) is 22.7. The minimum Gasteiger partial charge on any atom is -0.350 e. The zero-order valence-corrected chi connectivity index (χ0v) is 12.2. The average Bonchev–Trinajstić information content (AvgIpc) is 2.47. The zero-order chi connectivity index (χ0) is 15.9. The molecule has 0 atom stereocenters. The Labute approximate surface area is 132 Å². The van der Waals surface area contributed by atoms with E-state index in [9.17, 15) is 9.59 Å². The third kappa shape index (κ3) is 4.32. The molecule has 22 heavy (non-hydrogen) atoms. The molecular formula is C15H13ClN4O2. The molecule has 0 aliphatic heterocycles. The maximum Gasteiger partial charge on any atom is 0.332 e. The normalized spacial score (nSPS) is 10.4. The van der Waals surface area contributed by atoms with Crippen LogP contribution in [-0.4, -0.2) is 18.2 Å². The largest absolute Gasteiger partial charge is 0.350 e. The maximum atomic E-state index is 12.1. The molecule has 2 aromatic carbocycles. The molecule has 2 aromatic rings. The van der Waals surface area contributed by atoms with Crippen molar-refractivity contribution in [1.29, 1.82) is 0 Å². The van der Waals surface area contributed by atoms with Crippen LogP contribution in [0.15, 0.2) is 53.6 Å². The van der Waals surface area contributed by atoms with Crippen molar-refractivity contribution in [3.63, 3.8) is 0 Å². The first-order chi connectivity index (χ1) is 10.6. The summed E-state index contributed by atoms with van der Waals surface area (Å²) >= 11 is 5.98. The molecule has 112 valence electrons. The number of halogens is 1. The van der Waals surface area contributed by atoms with Crippen LogP contribution in [-0.2, 0) is 0 Å². The Morgan fingerprint density at radius 2 is 1.91 bits per heavy atom. The molecule has 0 spiro atoms. The number of anilines is 1. The van der Waals surface area contributed by atoms with Crippen LogP contribution in [0.1, 0.15) is 15.9 Å². The number of nitrogens with two attached hydrogens (primary N) is 1. The molecule has 6 nitrogen and oxygen atoms in total. The highest BCUT2D eigenvalue weighted by Crippen LogP contribution is 2.17. The highest BCUT2D eigenvalue weighted by Gasteiger charge is 2.09. The van der Waals surface area contributed by atoms with E-state index in [0.29, 0.717) is 21.8 Å². The highest BCUT2D eigenvalue weighted by atomic mass is 35.5. The van der Waals surface area contributed by atoms with Crippen molar-refractivity contribution in [2.75, 3.05) is 5.32 Å². The Morgan fingerprint density at radius 1 is 1.14 bits per heavy atom. The number of hydrazone groups is 1. The molecule has 0 saturated heterocycles. The molecule has 4 N–H and O–H groups in total. The average molecular weight is 317 g/mol. The van der Waals surface area contributed by atoms with Crippen LogP contribution >= 0.6 is 11.6 Å². The summed E-state index contributed by atoms with van der Waals surface area (Å²) < 4.78 is 0. The minimum absolute atomic E-state index is 0.310. The molecule has 7 heteroatoms. The van der Waals surface area contributed by atoms with Gasteiger partial charge in [0.2, 0.25) is 0 Å². The van der Waals surface area contributed by atoms with Crippen LogP contribution in [0, 0.1) is 0 Å². The first-order valence-corrected chi connectivity index (χ1v) is 6.68. The molecule has 0 heterocycles. The maximum absolute atomic E-state index is 12.1. The second kappa shape index (κ2) is 7.24. The fourth-order valence-electron chi connectivity index (χ4n) is 1.71. The number of carbonyl (C=O) groups is 2. The fourth-order valence-corrected chi connectivity index (χ4v) is 1.93. The Kier molecular flexibility index (Phi) is 5.11. The van der Waals surface area contributed by atoms with Crippen LogP contribution in [0.25, 0.3) is 0 Å². The van der Waals surface area contributed by atoms with Crippen LogP contribution in [0.5, 0.6) is 0 Å². The van der Waals surface area contributed by atoms with Gasteiger partial charge in [0, 0.05) is 5.69 Å². The molecule has 2 rings (SSSR count). The topological polar surface area (TPSA) is 96.6 Å². The predicted octanol–water partition coefficient (Wildman–Crippen LogP) is 2.59. The Balaban J connectivity index is 2.10. The quantitative estimate of drug-likeness (QED) is 0.597. The summed E-state index contributed by atoms with van der Waals surface area (Å²) in [6, 6.07) is 13.0. The highest BCUT2D eigenvalue weighted by molar-refractivity contribution is 6.34. The van der Waals surface area contributed by atoms with E-state index in [1.54, 1.807) is 48.5 Å². The summed E-state index contributed by atoms with van der Waals surface area (Å²) in [6.07, 6.45) is 1.41. The van der Waals surface area contributed by atoms with Gasteiger partial charge in [-0.15, -0.1) is 0 Å². The lowest BCUT2D eigenvalue weighted by atomic mass is 10.2. The van der Waals surface area contributed by atoms with Gasteiger partial charge in [0.25, 0.3) is 5.91 Å². The second-order valence-corrected chi connectivity index (χ2v) is 4.70. The standard InChI is InChI=1S/C15H13ClN4O2/c16-13-7-2-1-6-12(13)14(21)19-11-5-3-4-10(8-11)9-18-20-15(17)22/h1-9H,(H,19,21)(H3,17,20,22)/b18-9+. The number of hydrogen-bond donors (Lipinski definition) is 3. The van der Waals surface area contributed by atoms with Gasteiger partial charge < -0.3 is 11.1 Å². The predicted molar refractivity (Wildman–Crippen MR) is 86.2 cm³/mol. The summed E-state index contributed by atoms with van der Waals surface area (Å²) in [7, 11) is 0. The molecule has 0 aliphatic rings. The molecule has 0 aromatic heterocycles. The van der Waals surface area contributed by atoms with Gasteiger partial charge in [-0.2, -0.15) is 5.10 Å². The van der Waals surface area contributed by atoms with Crippen molar-refractivity contribution in [2.24, 2.45) is 10.8 Å². The number of rotatable bonds is 4. The number of benzene rings is 2. The second-order valence-electron chi connectivity index (χ2n) is 4.29. The molecular weight excluding hydrogens is 304 g/mol. The van der Waals surface area contributed by atoms with E-state index >= 15 is 0 Å². The van der Waals surface area contributed by atoms with Gasteiger partial charge in [-0.05, 0) is 29.8 Å². The molecule has 0 fully saturated rings. The van der Waals surface area contributed by atoms with Gasteiger partial charge in [0.05, 0.1) is 16.8 Å². The van der Waals surface area contributed by atoms with Crippen molar-refractivity contribution < 1.29 is 9.59 Å². The number of amides is 3.